The molecule has 4 rings (SSSR count). The molecule has 1 aromatic heterocycles. The molecule has 2 aliphatic heterocycles. The number of rotatable bonds is 3. The summed E-state index contributed by atoms with van der Waals surface area (Å²) in [5.41, 5.74) is 1.33. The SMILES string of the molecule is Cn1c(=O)[nH]c2ccc(F)c(N3CC(CN4CCN(C(=O)O)C(C(C)(C)C)C4)C3)c21. The van der Waals surface area contributed by atoms with Gasteiger partial charge in [-0.25, -0.2) is 14.0 Å². The number of amides is 1. The van der Waals surface area contributed by atoms with Crippen molar-refractivity contribution in [1.82, 2.24) is 19.4 Å². The van der Waals surface area contributed by atoms with Gasteiger partial charge in [0.15, 0.2) is 0 Å². The first-order valence-electron chi connectivity index (χ1n) is 10.4. The van der Waals surface area contributed by atoms with Crippen molar-refractivity contribution in [3.05, 3.63) is 28.4 Å². The number of halogens is 1. The average molecular weight is 420 g/mol. The highest BCUT2D eigenvalue weighted by Crippen LogP contribution is 2.34. The number of carboxylic acid groups (broad SMARTS) is 1. The van der Waals surface area contributed by atoms with Gasteiger partial charge in [-0.3, -0.25) is 9.47 Å². The lowest BCUT2D eigenvalue weighted by molar-refractivity contribution is 0.0151. The van der Waals surface area contributed by atoms with E-state index in [-0.39, 0.29) is 23.0 Å². The summed E-state index contributed by atoms with van der Waals surface area (Å²) in [6.45, 7) is 10.5. The number of aromatic nitrogens is 2. The fraction of sp³-hybridized carbons (Fsp3) is 0.619. The van der Waals surface area contributed by atoms with Crippen LogP contribution in [0, 0.1) is 17.2 Å². The van der Waals surface area contributed by atoms with E-state index in [1.165, 1.54) is 10.6 Å². The number of aromatic amines is 1. The topological polar surface area (TPSA) is 84.8 Å². The van der Waals surface area contributed by atoms with Crippen LogP contribution in [0.4, 0.5) is 14.9 Å². The molecule has 0 aliphatic carbocycles. The van der Waals surface area contributed by atoms with Gasteiger partial charge in [0.2, 0.25) is 0 Å². The first-order chi connectivity index (χ1) is 14.1. The third kappa shape index (κ3) is 3.55. The molecule has 1 aromatic carbocycles. The lowest BCUT2D eigenvalue weighted by Gasteiger charge is -2.49. The van der Waals surface area contributed by atoms with Crippen LogP contribution in [0.15, 0.2) is 16.9 Å². The van der Waals surface area contributed by atoms with E-state index in [4.69, 9.17) is 0 Å². The van der Waals surface area contributed by atoms with Crippen molar-refractivity contribution in [2.45, 2.75) is 26.8 Å². The van der Waals surface area contributed by atoms with E-state index < -0.39 is 6.09 Å². The van der Waals surface area contributed by atoms with Crippen LogP contribution in [-0.2, 0) is 7.05 Å². The average Bonchev–Trinajstić information content (AvgIpc) is 2.92. The highest BCUT2D eigenvalue weighted by atomic mass is 19.1. The molecule has 0 bridgehead atoms. The van der Waals surface area contributed by atoms with Gasteiger partial charge in [-0.1, -0.05) is 20.8 Å². The molecule has 1 amide bonds. The minimum Gasteiger partial charge on any atom is -0.465 e. The molecule has 3 heterocycles. The van der Waals surface area contributed by atoms with Crippen LogP contribution in [0.1, 0.15) is 20.8 Å². The monoisotopic (exact) mass is 419 g/mol. The molecule has 30 heavy (non-hydrogen) atoms. The van der Waals surface area contributed by atoms with Gasteiger partial charge < -0.3 is 19.9 Å². The summed E-state index contributed by atoms with van der Waals surface area (Å²) in [7, 11) is 1.65. The molecule has 164 valence electrons. The largest absolute Gasteiger partial charge is 0.465 e. The number of hydrogen-bond donors (Lipinski definition) is 2. The van der Waals surface area contributed by atoms with Gasteiger partial charge in [0, 0.05) is 52.2 Å². The molecule has 1 unspecified atom stereocenters. The second kappa shape index (κ2) is 7.30. The molecule has 0 saturated carbocycles. The number of anilines is 1. The van der Waals surface area contributed by atoms with E-state index in [1.807, 2.05) is 4.90 Å². The minimum atomic E-state index is -0.856. The van der Waals surface area contributed by atoms with Crippen LogP contribution in [0.2, 0.25) is 0 Å². The van der Waals surface area contributed by atoms with Crippen molar-refractivity contribution in [3.63, 3.8) is 0 Å². The van der Waals surface area contributed by atoms with Gasteiger partial charge in [-0.2, -0.15) is 0 Å². The zero-order valence-corrected chi connectivity index (χ0v) is 18.0. The third-order valence-corrected chi connectivity index (χ3v) is 6.48. The number of hydrogen-bond acceptors (Lipinski definition) is 4. The molecule has 2 saturated heterocycles. The van der Waals surface area contributed by atoms with Crippen molar-refractivity contribution in [3.8, 4) is 0 Å². The van der Waals surface area contributed by atoms with Gasteiger partial charge in [0.05, 0.1) is 22.8 Å². The normalized spacial score (nSPS) is 21.3. The first-order valence-corrected chi connectivity index (χ1v) is 10.4. The van der Waals surface area contributed by atoms with Crippen molar-refractivity contribution in [2.24, 2.45) is 18.4 Å². The molecular weight excluding hydrogens is 389 g/mol. The number of fused-ring (bicyclic) bond motifs is 1. The standard InChI is InChI=1S/C21H30FN5O3/c1-21(2,3)16-12-25(7-8-27(16)20(29)30)9-13-10-26(11-13)17-14(22)5-6-15-18(17)24(4)19(28)23-15/h5-6,13,16H,7-12H2,1-4H3,(H,23,28)(H,29,30). The second-order valence-corrected chi connectivity index (χ2v) is 9.67. The molecule has 2 aliphatic rings. The Kier molecular flexibility index (Phi) is 5.04. The van der Waals surface area contributed by atoms with E-state index in [0.29, 0.717) is 55.4 Å². The fourth-order valence-electron chi connectivity index (χ4n) is 4.81. The van der Waals surface area contributed by atoms with E-state index in [2.05, 4.69) is 30.7 Å². The van der Waals surface area contributed by atoms with E-state index in [0.717, 1.165) is 6.54 Å². The fourth-order valence-corrected chi connectivity index (χ4v) is 4.81. The number of nitrogens with one attached hydrogen (secondary N) is 1. The maximum Gasteiger partial charge on any atom is 0.407 e. The van der Waals surface area contributed by atoms with E-state index >= 15 is 0 Å². The van der Waals surface area contributed by atoms with Gasteiger partial charge in [0.25, 0.3) is 0 Å². The molecule has 2 fully saturated rings. The summed E-state index contributed by atoms with van der Waals surface area (Å²) >= 11 is 0. The molecule has 0 spiro atoms. The molecule has 2 N–H and O–H groups in total. The van der Waals surface area contributed by atoms with E-state index in [9.17, 15) is 19.1 Å². The lowest BCUT2D eigenvalue weighted by Crippen LogP contribution is -2.61. The maximum absolute atomic E-state index is 14.6. The van der Waals surface area contributed by atoms with Crippen LogP contribution >= 0.6 is 0 Å². The highest BCUT2D eigenvalue weighted by molar-refractivity contribution is 5.90. The summed E-state index contributed by atoms with van der Waals surface area (Å²) in [6.07, 6.45) is -0.856. The Hall–Kier alpha value is -2.55. The van der Waals surface area contributed by atoms with Crippen LogP contribution in [-0.4, -0.2) is 75.9 Å². The van der Waals surface area contributed by atoms with Gasteiger partial charge in [-0.15, -0.1) is 0 Å². The summed E-state index contributed by atoms with van der Waals surface area (Å²) in [4.78, 5) is 32.2. The first kappa shape index (κ1) is 20.7. The summed E-state index contributed by atoms with van der Waals surface area (Å²) in [5, 5.41) is 9.53. The number of H-pyrrole nitrogens is 1. The van der Waals surface area contributed by atoms with E-state index in [1.54, 1.807) is 18.0 Å². The van der Waals surface area contributed by atoms with Crippen molar-refractivity contribution in [1.29, 1.82) is 0 Å². The number of piperazine rings is 1. The number of aryl methyl sites for hydroxylation is 1. The Balaban J connectivity index is 1.44. The van der Waals surface area contributed by atoms with Crippen molar-refractivity contribution < 1.29 is 14.3 Å². The predicted molar refractivity (Wildman–Crippen MR) is 114 cm³/mol. The summed E-state index contributed by atoms with van der Waals surface area (Å²) in [5.74, 6) is 0.0611. The number of imidazole rings is 1. The number of carbonyl (C=O) groups is 1. The molecule has 1 atom stereocenters. The predicted octanol–water partition coefficient (Wildman–Crippen LogP) is 2.15. The Labute approximate surface area is 174 Å². The Morgan fingerprint density at radius 3 is 2.57 bits per heavy atom. The van der Waals surface area contributed by atoms with Crippen molar-refractivity contribution in [2.75, 3.05) is 44.2 Å². The third-order valence-electron chi connectivity index (χ3n) is 6.48. The van der Waals surface area contributed by atoms with Gasteiger partial charge in [0.1, 0.15) is 5.82 Å². The van der Waals surface area contributed by atoms with Gasteiger partial charge >= 0.3 is 11.8 Å². The van der Waals surface area contributed by atoms with Crippen LogP contribution in [0.3, 0.4) is 0 Å². The Morgan fingerprint density at radius 1 is 1.23 bits per heavy atom. The molecular formula is C21H30FN5O3. The quantitative estimate of drug-likeness (QED) is 0.797. The minimum absolute atomic E-state index is 0.0551. The number of benzene rings is 1. The zero-order chi connectivity index (χ0) is 21.8. The molecule has 9 heteroatoms. The summed E-state index contributed by atoms with van der Waals surface area (Å²) in [6, 6.07) is 2.95. The van der Waals surface area contributed by atoms with Gasteiger partial charge in [-0.05, 0) is 17.5 Å². The second-order valence-electron chi connectivity index (χ2n) is 9.67. The highest BCUT2D eigenvalue weighted by Gasteiger charge is 2.40. The summed E-state index contributed by atoms with van der Waals surface area (Å²) < 4.78 is 16.1. The Bertz CT molecular complexity index is 1020. The van der Waals surface area contributed by atoms with Crippen molar-refractivity contribution >= 4 is 22.8 Å². The zero-order valence-electron chi connectivity index (χ0n) is 18.0. The maximum atomic E-state index is 14.6. The lowest BCUT2D eigenvalue weighted by atomic mass is 9.84. The molecule has 0 radical (unpaired) electrons. The Morgan fingerprint density at radius 2 is 1.93 bits per heavy atom. The smallest absolute Gasteiger partial charge is 0.407 e. The molecule has 8 nitrogen and oxygen atoms in total. The van der Waals surface area contributed by atoms with Crippen LogP contribution in [0.25, 0.3) is 11.0 Å². The van der Waals surface area contributed by atoms with Crippen LogP contribution in [0.5, 0.6) is 0 Å². The van der Waals surface area contributed by atoms with Crippen LogP contribution < -0.4 is 10.6 Å². The number of nitrogens with zero attached hydrogens (tertiary/aromatic N) is 4. The molecule has 2 aromatic rings.